The van der Waals surface area contributed by atoms with Gasteiger partial charge in [-0.2, -0.15) is 12.6 Å². The topological polar surface area (TPSA) is 0 Å². The summed E-state index contributed by atoms with van der Waals surface area (Å²) >= 11 is 4.26. The van der Waals surface area contributed by atoms with Gasteiger partial charge in [-0.15, -0.1) is 0 Å². The fraction of sp³-hybridized carbons (Fsp3) is 0.667. The maximum Gasteiger partial charge on any atom is -0.0136 e. The van der Waals surface area contributed by atoms with E-state index < -0.39 is 0 Å². The van der Waals surface area contributed by atoms with Crippen molar-refractivity contribution in [2.45, 2.75) is 47.0 Å². The molecule has 0 unspecified atom stereocenters. The van der Waals surface area contributed by atoms with Gasteiger partial charge in [0.15, 0.2) is 0 Å². The Labute approximate surface area is 87.5 Å². The molecule has 0 N–H and O–H groups in total. The fourth-order valence-corrected chi connectivity index (χ4v) is 2.71. The molecule has 74 valence electrons. The summed E-state index contributed by atoms with van der Waals surface area (Å²) in [5.41, 5.74) is 4.92. The first-order chi connectivity index (χ1) is 6.03. The molecule has 0 amide bonds. The minimum absolute atomic E-state index is 0.402. The standard InChI is InChI=1S/C12H20S/c1-5-11-9(2)10(8-13)6-7-12(11,3)4/h8,13H,5-7H2,1-4H3/b10-8+. The second kappa shape index (κ2) is 3.91. The first kappa shape index (κ1) is 10.9. The SMILES string of the molecule is CCC1=C(C)/C(=C/S)CCC1(C)C. The average molecular weight is 196 g/mol. The van der Waals surface area contributed by atoms with E-state index in [4.69, 9.17) is 0 Å². The van der Waals surface area contributed by atoms with Crippen LogP contribution in [-0.2, 0) is 0 Å². The number of hydrogen-bond donors (Lipinski definition) is 1. The summed E-state index contributed by atoms with van der Waals surface area (Å²) in [4.78, 5) is 0. The molecular weight excluding hydrogens is 176 g/mol. The average Bonchev–Trinajstić information content (AvgIpc) is 2.04. The van der Waals surface area contributed by atoms with E-state index in [1.54, 1.807) is 5.57 Å². The van der Waals surface area contributed by atoms with Gasteiger partial charge in [-0.25, -0.2) is 0 Å². The number of thiol groups is 1. The predicted molar refractivity (Wildman–Crippen MR) is 63.1 cm³/mol. The van der Waals surface area contributed by atoms with Crippen LogP contribution in [0.4, 0.5) is 0 Å². The minimum atomic E-state index is 0.402. The Morgan fingerprint density at radius 2 is 2.08 bits per heavy atom. The third-order valence-electron chi connectivity index (χ3n) is 3.28. The van der Waals surface area contributed by atoms with Gasteiger partial charge in [-0.1, -0.05) is 26.3 Å². The molecule has 13 heavy (non-hydrogen) atoms. The molecule has 1 rings (SSSR count). The summed E-state index contributed by atoms with van der Waals surface area (Å²) in [6, 6.07) is 0. The van der Waals surface area contributed by atoms with Crippen LogP contribution in [0, 0.1) is 5.41 Å². The van der Waals surface area contributed by atoms with Crippen molar-refractivity contribution in [2.24, 2.45) is 5.41 Å². The van der Waals surface area contributed by atoms with E-state index in [0.717, 1.165) is 0 Å². The van der Waals surface area contributed by atoms with Gasteiger partial charge in [-0.3, -0.25) is 0 Å². The smallest absolute Gasteiger partial charge is 0.0136 e. The third kappa shape index (κ3) is 2.01. The molecule has 0 aliphatic heterocycles. The van der Waals surface area contributed by atoms with Crippen LogP contribution in [0.1, 0.15) is 47.0 Å². The number of hydrogen-bond acceptors (Lipinski definition) is 1. The monoisotopic (exact) mass is 196 g/mol. The van der Waals surface area contributed by atoms with Crippen LogP contribution in [0.25, 0.3) is 0 Å². The van der Waals surface area contributed by atoms with E-state index >= 15 is 0 Å². The quantitative estimate of drug-likeness (QED) is 0.592. The largest absolute Gasteiger partial charge is 0.151 e. The first-order valence-electron chi connectivity index (χ1n) is 5.06. The zero-order valence-electron chi connectivity index (χ0n) is 9.15. The van der Waals surface area contributed by atoms with Crippen molar-refractivity contribution in [3.8, 4) is 0 Å². The zero-order chi connectivity index (χ0) is 10.1. The van der Waals surface area contributed by atoms with Crippen molar-refractivity contribution >= 4 is 12.6 Å². The molecule has 0 aromatic rings. The fourth-order valence-electron chi connectivity index (χ4n) is 2.39. The van der Waals surface area contributed by atoms with Gasteiger partial charge in [0, 0.05) is 0 Å². The first-order valence-corrected chi connectivity index (χ1v) is 5.58. The molecule has 0 fully saturated rings. The molecule has 0 saturated heterocycles. The molecule has 0 atom stereocenters. The lowest BCUT2D eigenvalue weighted by molar-refractivity contribution is 0.380. The Morgan fingerprint density at radius 1 is 1.46 bits per heavy atom. The van der Waals surface area contributed by atoms with Crippen molar-refractivity contribution in [1.29, 1.82) is 0 Å². The van der Waals surface area contributed by atoms with E-state index in [9.17, 15) is 0 Å². The Balaban J connectivity index is 3.14. The van der Waals surface area contributed by atoms with Gasteiger partial charge in [0.05, 0.1) is 0 Å². The molecule has 0 aromatic heterocycles. The Hall–Kier alpha value is -0.170. The maximum absolute atomic E-state index is 4.26. The van der Waals surface area contributed by atoms with E-state index in [2.05, 4.69) is 40.3 Å². The summed E-state index contributed by atoms with van der Waals surface area (Å²) in [7, 11) is 0. The summed E-state index contributed by atoms with van der Waals surface area (Å²) in [5, 5.41) is 1.97. The molecule has 0 spiro atoms. The third-order valence-corrected chi connectivity index (χ3v) is 3.59. The van der Waals surface area contributed by atoms with Crippen LogP contribution in [0.15, 0.2) is 22.1 Å². The Bertz CT molecular complexity index is 256. The van der Waals surface area contributed by atoms with Gasteiger partial charge >= 0.3 is 0 Å². The summed E-state index contributed by atoms with van der Waals surface area (Å²) < 4.78 is 0. The lowest BCUT2D eigenvalue weighted by Gasteiger charge is -2.35. The Kier molecular flexibility index (Phi) is 3.28. The molecule has 0 heterocycles. The van der Waals surface area contributed by atoms with Crippen LogP contribution in [0.2, 0.25) is 0 Å². The Morgan fingerprint density at radius 3 is 2.54 bits per heavy atom. The lowest BCUT2D eigenvalue weighted by atomic mass is 9.70. The second-order valence-corrected chi connectivity index (χ2v) is 4.75. The van der Waals surface area contributed by atoms with Crippen molar-refractivity contribution in [1.82, 2.24) is 0 Å². The summed E-state index contributed by atoms with van der Waals surface area (Å²) in [5.74, 6) is 0. The molecule has 1 heteroatoms. The molecule has 0 bridgehead atoms. The van der Waals surface area contributed by atoms with Crippen molar-refractivity contribution in [3.63, 3.8) is 0 Å². The van der Waals surface area contributed by atoms with E-state index in [1.165, 1.54) is 30.4 Å². The normalized spacial score (nSPS) is 25.5. The van der Waals surface area contributed by atoms with Gasteiger partial charge in [0.25, 0.3) is 0 Å². The van der Waals surface area contributed by atoms with Gasteiger partial charge in [0.1, 0.15) is 0 Å². The van der Waals surface area contributed by atoms with E-state index in [1.807, 2.05) is 5.41 Å². The van der Waals surface area contributed by atoms with Gasteiger partial charge in [0.2, 0.25) is 0 Å². The van der Waals surface area contributed by atoms with Gasteiger partial charge in [-0.05, 0) is 48.2 Å². The van der Waals surface area contributed by atoms with E-state index in [0.29, 0.717) is 5.41 Å². The highest BCUT2D eigenvalue weighted by Crippen LogP contribution is 2.43. The maximum atomic E-state index is 4.26. The molecule has 1 aliphatic rings. The molecule has 0 nitrogen and oxygen atoms in total. The van der Waals surface area contributed by atoms with Crippen LogP contribution < -0.4 is 0 Å². The molecule has 0 radical (unpaired) electrons. The highest BCUT2D eigenvalue weighted by molar-refractivity contribution is 7.83. The van der Waals surface area contributed by atoms with Crippen molar-refractivity contribution in [2.75, 3.05) is 0 Å². The highest BCUT2D eigenvalue weighted by atomic mass is 32.1. The van der Waals surface area contributed by atoms with Crippen molar-refractivity contribution in [3.05, 3.63) is 22.1 Å². The zero-order valence-corrected chi connectivity index (χ0v) is 10.0. The molecule has 0 saturated carbocycles. The molecular formula is C12H20S. The molecule has 0 aromatic carbocycles. The van der Waals surface area contributed by atoms with Crippen LogP contribution in [0.3, 0.4) is 0 Å². The van der Waals surface area contributed by atoms with Crippen LogP contribution >= 0.6 is 12.6 Å². The second-order valence-electron chi connectivity index (χ2n) is 4.50. The summed E-state index contributed by atoms with van der Waals surface area (Å²) in [6.45, 7) is 9.19. The number of allylic oxidation sites excluding steroid dienone is 3. The van der Waals surface area contributed by atoms with Gasteiger partial charge < -0.3 is 0 Å². The molecule has 1 aliphatic carbocycles. The minimum Gasteiger partial charge on any atom is -0.151 e. The van der Waals surface area contributed by atoms with Crippen molar-refractivity contribution < 1.29 is 0 Å². The lowest BCUT2D eigenvalue weighted by Crippen LogP contribution is -2.21. The van der Waals surface area contributed by atoms with Crippen LogP contribution in [-0.4, -0.2) is 0 Å². The highest BCUT2D eigenvalue weighted by Gasteiger charge is 2.28. The number of rotatable bonds is 1. The van der Waals surface area contributed by atoms with Crippen LogP contribution in [0.5, 0.6) is 0 Å². The summed E-state index contributed by atoms with van der Waals surface area (Å²) in [6.07, 6.45) is 3.62. The predicted octanol–water partition coefficient (Wildman–Crippen LogP) is 4.35. The van der Waals surface area contributed by atoms with E-state index in [-0.39, 0.29) is 0 Å².